The minimum absolute atomic E-state index is 0.0598. The highest BCUT2D eigenvalue weighted by Gasteiger charge is 2.32. The first kappa shape index (κ1) is 14.2. The third-order valence-electron chi connectivity index (χ3n) is 3.51. The van der Waals surface area contributed by atoms with Gasteiger partial charge in [0.1, 0.15) is 5.75 Å². The van der Waals surface area contributed by atoms with Gasteiger partial charge in [0.2, 0.25) is 0 Å². The zero-order valence-electron chi connectivity index (χ0n) is 12.0. The highest BCUT2D eigenvalue weighted by molar-refractivity contribution is 5.51. The molecule has 0 spiro atoms. The van der Waals surface area contributed by atoms with Crippen molar-refractivity contribution in [3.05, 3.63) is 24.3 Å². The molecular formula is C15H24N2O2. The molecule has 1 saturated heterocycles. The van der Waals surface area contributed by atoms with E-state index in [-0.39, 0.29) is 18.2 Å². The van der Waals surface area contributed by atoms with Gasteiger partial charge in [0, 0.05) is 24.3 Å². The lowest BCUT2D eigenvalue weighted by molar-refractivity contribution is 0.215. The topological polar surface area (TPSA) is 44.7 Å². The first-order chi connectivity index (χ1) is 9.05. The molecule has 1 fully saturated rings. The van der Waals surface area contributed by atoms with Gasteiger partial charge in [-0.1, -0.05) is 0 Å². The highest BCUT2D eigenvalue weighted by atomic mass is 16.5. The number of rotatable bonds is 4. The average Bonchev–Trinajstić information content (AvgIpc) is 2.39. The number of hydrogen-bond acceptors (Lipinski definition) is 4. The van der Waals surface area contributed by atoms with Crippen LogP contribution in [0.15, 0.2) is 24.3 Å². The summed E-state index contributed by atoms with van der Waals surface area (Å²) in [6, 6.07) is 8.24. The van der Waals surface area contributed by atoms with Gasteiger partial charge in [-0.25, -0.2) is 0 Å². The van der Waals surface area contributed by atoms with Crippen molar-refractivity contribution in [2.45, 2.75) is 32.4 Å². The molecule has 4 nitrogen and oxygen atoms in total. The van der Waals surface area contributed by atoms with Crippen molar-refractivity contribution in [1.82, 2.24) is 5.32 Å². The molecule has 4 heteroatoms. The molecule has 2 N–H and O–H groups in total. The summed E-state index contributed by atoms with van der Waals surface area (Å²) in [5, 5.41) is 13.0. The fourth-order valence-electron chi connectivity index (χ4n) is 2.48. The fraction of sp³-hybridized carbons (Fsp3) is 0.600. The van der Waals surface area contributed by atoms with Crippen LogP contribution in [0.3, 0.4) is 0 Å². The molecule has 1 aliphatic rings. The fourth-order valence-corrected chi connectivity index (χ4v) is 2.48. The summed E-state index contributed by atoms with van der Waals surface area (Å²) in [6.07, 6.45) is 0. The van der Waals surface area contributed by atoms with Crippen LogP contribution in [0, 0.1) is 0 Å². The molecule has 0 aliphatic carbocycles. The SMILES string of the molecule is CCOc1ccc(N2CC(C)(C)NCC2CO)cc1. The Hall–Kier alpha value is -1.26. The third-order valence-corrected chi connectivity index (χ3v) is 3.51. The Morgan fingerprint density at radius 3 is 2.63 bits per heavy atom. The summed E-state index contributed by atoms with van der Waals surface area (Å²) in [7, 11) is 0. The predicted octanol–water partition coefficient (Wildman–Crippen LogP) is 1.63. The maximum atomic E-state index is 9.53. The summed E-state index contributed by atoms with van der Waals surface area (Å²) in [4.78, 5) is 2.27. The second kappa shape index (κ2) is 5.80. The number of nitrogens with zero attached hydrogens (tertiary/aromatic N) is 1. The molecule has 1 aliphatic heterocycles. The average molecular weight is 264 g/mol. The van der Waals surface area contributed by atoms with E-state index in [0.29, 0.717) is 6.61 Å². The van der Waals surface area contributed by atoms with Crippen LogP contribution in [-0.2, 0) is 0 Å². The lowest BCUT2D eigenvalue weighted by Crippen LogP contribution is -2.62. The first-order valence-corrected chi connectivity index (χ1v) is 6.91. The van der Waals surface area contributed by atoms with Gasteiger partial charge in [-0.3, -0.25) is 0 Å². The standard InChI is InChI=1S/C15H24N2O2/c1-4-19-14-7-5-12(6-8-14)17-11-15(2,3)16-9-13(17)10-18/h5-8,13,16,18H,4,9-11H2,1-3H3. The minimum Gasteiger partial charge on any atom is -0.494 e. The first-order valence-electron chi connectivity index (χ1n) is 6.91. The van der Waals surface area contributed by atoms with Crippen molar-refractivity contribution in [2.75, 3.05) is 31.2 Å². The Kier molecular flexibility index (Phi) is 4.32. The van der Waals surface area contributed by atoms with Crippen LogP contribution < -0.4 is 15.0 Å². The van der Waals surface area contributed by atoms with E-state index in [1.807, 2.05) is 19.1 Å². The summed E-state index contributed by atoms with van der Waals surface area (Å²) >= 11 is 0. The Morgan fingerprint density at radius 1 is 1.37 bits per heavy atom. The molecule has 1 atom stereocenters. The van der Waals surface area contributed by atoms with E-state index in [9.17, 15) is 5.11 Å². The third kappa shape index (κ3) is 3.39. The van der Waals surface area contributed by atoms with Crippen molar-refractivity contribution in [2.24, 2.45) is 0 Å². The number of aliphatic hydroxyl groups is 1. The van der Waals surface area contributed by atoms with Gasteiger partial charge < -0.3 is 20.1 Å². The summed E-state index contributed by atoms with van der Waals surface area (Å²) < 4.78 is 5.46. The number of nitrogens with one attached hydrogen (secondary N) is 1. The van der Waals surface area contributed by atoms with Crippen molar-refractivity contribution in [3.63, 3.8) is 0 Å². The Balaban J connectivity index is 2.16. The van der Waals surface area contributed by atoms with Gasteiger partial charge in [0.25, 0.3) is 0 Å². The molecule has 0 aromatic heterocycles. The van der Waals surface area contributed by atoms with Crippen LogP contribution in [-0.4, -0.2) is 43.0 Å². The van der Waals surface area contributed by atoms with Crippen molar-refractivity contribution >= 4 is 5.69 Å². The smallest absolute Gasteiger partial charge is 0.119 e. The van der Waals surface area contributed by atoms with E-state index in [1.165, 1.54) is 0 Å². The maximum absolute atomic E-state index is 9.53. The zero-order chi connectivity index (χ0) is 13.9. The van der Waals surface area contributed by atoms with E-state index in [1.54, 1.807) is 0 Å². The van der Waals surface area contributed by atoms with E-state index >= 15 is 0 Å². The molecule has 1 unspecified atom stereocenters. The van der Waals surface area contributed by atoms with Crippen LogP contribution >= 0.6 is 0 Å². The quantitative estimate of drug-likeness (QED) is 0.867. The molecule has 1 aromatic rings. The summed E-state index contributed by atoms with van der Waals surface area (Å²) in [5.41, 5.74) is 1.20. The number of piperazine rings is 1. The second-order valence-corrected chi connectivity index (χ2v) is 5.66. The molecule has 1 heterocycles. The van der Waals surface area contributed by atoms with Gasteiger partial charge in [-0.15, -0.1) is 0 Å². The van der Waals surface area contributed by atoms with Crippen LogP contribution in [0.1, 0.15) is 20.8 Å². The van der Waals surface area contributed by atoms with Crippen LogP contribution in [0.5, 0.6) is 5.75 Å². The monoisotopic (exact) mass is 264 g/mol. The number of benzene rings is 1. The molecule has 19 heavy (non-hydrogen) atoms. The van der Waals surface area contributed by atoms with Gasteiger partial charge in [-0.2, -0.15) is 0 Å². The zero-order valence-corrected chi connectivity index (χ0v) is 12.0. The van der Waals surface area contributed by atoms with E-state index in [4.69, 9.17) is 4.74 Å². The molecule has 2 rings (SSSR count). The molecule has 0 saturated carbocycles. The molecule has 0 amide bonds. The normalized spacial score (nSPS) is 22.3. The van der Waals surface area contributed by atoms with E-state index in [2.05, 4.69) is 36.2 Å². The Labute approximate surface area is 115 Å². The van der Waals surface area contributed by atoms with Gasteiger partial charge in [0.05, 0.1) is 19.3 Å². The minimum atomic E-state index is 0.0598. The molecular weight excluding hydrogens is 240 g/mol. The Morgan fingerprint density at radius 2 is 2.05 bits per heavy atom. The number of hydrogen-bond donors (Lipinski definition) is 2. The van der Waals surface area contributed by atoms with Gasteiger partial charge in [0.15, 0.2) is 0 Å². The molecule has 0 radical (unpaired) electrons. The van der Waals surface area contributed by atoms with Gasteiger partial charge in [-0.05, 0) is 45.0 Å². The van der Waals surface area contributed by atoms with Crippen LogP contribution in [0.25, 0.3) is 0 Å². The van der Waals surface area contributed by atoms with Gasteiger partial charge >= 0.3 is 0 Å². The summed E-state index contributed by atoms with van der Waals surface area (Å²) in [6.45, 7) is 8.87. The molecule has 106 valence electrons. The largest absolute Gasteiger partial charge is 0.494 e. The lowest BCUT2D eigenvalue weighted by Gasteiger charge is -2.45. The lowest BCUT2D eigenvalue weighted by atomic mass is 9.98. The van der Waals surface area contributed by atoms with Crippen molar-refractivity contribution < 1.29 is 9.84 Å². The van der Waals surface area contributed by atoms with E-state index < -0.39 is 0 Å². The van der Waals surface area contributed by atoms with Crippen molar-refractivity contribution in [1.29, 1.82) is 0 Å². The number of anilines is 1. The predicted molar refractivity (Wildman–Crippen MR) is 77.9 cm³/mol. The second-order valence-electron chi connectivity index (χ2n) is 5.66. The maximum Gasteiger partial charge on any atom is 0.119 e. The summed E-state index contributed by atoms with van der Waals surface area (Å²) in [5.74, 6) is 0.890. The van der Waals surface area contributed by atoms with E-state index in [0.717, 1.165) is 24.5 Å². The Bertz CT molecular complexity index is 403. The molecule has 0 bridgehead atoms. The van der Waals surface area contributed by atoms with Crippen molar-refractivity contribution in [3.8, 4) is 5.75 Å². The number of ether oxygens (including phenoxy) is 1. The highest BCUT2D eigenvalue weighted by Crippen LogP contribution is 2.25. The van der Waals surface area contributed by atoms with Crippen LogP contribution in [0.2, 0.25) is 0 Å². The number of aliphatic hydroxyl groups excluding tert-OH is 1. The van der Waals surface area contributed by atoms with Crippen LogP contribution in [0.4, 0.5) is 5.69 Å². The molecule has 1 aromatic carbocycles.